The maximum atomic E-state index is 12.7. The number of ether oxygens (including phenoxy) is 2. The minimum absolute atomic E-state index is 0.194. The second kappa shape index (κ2) is 5.91. The Bertz CT molecular complexity index is 499. The smallest absolute Gasteiger partial charge is 0.330 e. The number of esters is 2. The second-order valence-electron chi connectivity index (χ2n) is 7.51. The Kier molecular flexibility index (Phi) is 4.23. The van der Waals surface area contributed by atoms with Gasteiger partial charge in [-0.2, -0.15) is 0 Å². The molecule has 0 saturated heterocycles. The fourth-order valence-electron chi connectivity index (χ4n) is 5.09. The van der Waals surface area contributed by atoms with E-state index in [0.717, 1.165) is 38.2 Å². The van der Waals surface area contributed by atoms with Gasteiger partial charge in [-0.05, 0) is 50.4 Å². The van der Waals surface area contributed by atoms with Gasteiger partial charge in [0.25, 0.3) is 0 Å². The van der Waals surface area contributed by atoms with E-state index in [1.807, 2.05) is 0 Å². The van der Waals surface area contributed by atoms with Crippen molar-refractivity contribution in [3.8, 4) is 0 Å². The van der Waals surface area contributed by atoms with Crippen molar-refractivity contribution >= 4 is 11.9 Å². The normalized spacial score (nSPS) is 38.9. The first-order valence-electron chi connectivity index (χ1n) is 8.21. The molecular formula is C17H24O6. The monoisotopic (exact) mass is 324 g/mol. The molecule has 4 aliphatic rings. The topological polar surface area (TPSA) is 93.1 Å². The molecule has 0 radical (unpaired) electrons. The van der Waals surface area contributed by atoms with Crippen LogP contribution in [0.4, 0.5) is 0 Å². The first kappa shape index (κ1) is 16.5. The van der Waals surface area contributed by atoms with E-state index in [1.54, 1.807) is 0 Å². The average molecular weight is 324 g/mol. The van der Waals surface area contributed by atoms with Gasteiger partial charge in [-0.15, -0.1) is 0 Å². The summed E-state index contributed by atoms with van der Waals surface area (Å²) >= 11 is 0. The fraction of sp³-hybridized carbons (Fsp3) is 0.765. The summed E-state index contributed by atoms with van der Waals surface area (Å²) in [6.07, 6.45) is 4.70. The lowest BCUT2D eigenvalue weighted by Gasteiger charge is -2.58. The number of aliphatic hydroxyl groups excluding tert-OH is 1. The maximum Gasteiger partial charge on any atom is 0.330 e. The van der Waals surface area contributed by atoms with E-state index in [2.05, 4.69) is 6.58 Å². The van der Waals surface area contributed by atoms with E-state index >= 15 is 0 Å². The molecule has 6 heteroatoms. The number of carbonyl (C=O) groups excluding carboxylic acids is 2. The Morgan fingerprint density at radius 2 is 1.91 bits per heavy atom. The molecule has 4 fully saturated rings. The quantitative estimate of drug-likeness (QED) is 0.558. The predicted molar refractivity (Wildman–Crippen MR) is 80.2 cm³/mol. The van der Waals surface area contributed by atoms with Gasteiger partial charge in [-0.3, -0.25) is 4.79 Å². The van der Waals surface area contributed by atoms with Crippen molar-refractivity contribution in [2.24, 2.45) is 17.3 Å². The highest BCUT2D eigenvalue weighted by Crippen LogP contribution is 2.62. The summed E-state index contributed by atoms with van der Waals surface area (Å²) in [6, 6.07) is 0. The molecule has 0 spiro atoms. The molecule has 0 aromatic rings. The third kappa shape index (κ3) is 3.15. The Morgan fingerprint density at radius 3 is 2.43 bits per heavy atom. The lowest BCUT2D eigenvalue weighted by molar-refractivity contribution is -0.203. The van der Waals surface area contributed by atoms with Crippen molar-refractivity contribution in [1.82, 2.24) is 0 Å². The van der Waals surface area contributed by atoms with E-state index in [4.69, 9.17) is 9.47 Å². The summed E-state index contributed by atoms with van der Waals surface area (Å²) in [6.45, 7) is 2.68. The number of hydrogen-bond acceptors (Lipinski definition) is 6. The Morgan fingerprint density at radius 1 is 1.26 bits per heavy atom. The van der Waals surface area contributed by atoms with Crippen LogP contribution in [0.1, 0.15) is 38.5 Å². The molecule has 4 bridgehead atoms. The fourth-order valence-corrected chi connectivity index (χ4v) is 5.09. The standard InChI is InChI=1S/C17H24O6/c1-2-14(19)22-9-13(8-18)23-15(20)16-4-11-3-12(5-16)7-17(21,6-11)10-16/h2,11-13,18,21H,1,3-10H2. The van der Waals surface area contributed by atoms with Crippen LogP contribution in [0.15, 0.2) is 12.7 Å². The van der Waals surface area contributed by atoms with Gasteiger partial charge in [0, 0.05) is 6.08 Å². The summed E-state index contributed by atoms with van der Waals surface area (Å²) in [5.41, 5.74) is -1.39. The third-order valence-corrected chi connectivity index (χ3v) is 5.52. The molecule has 6 nitrogen and oxygen atoms in total. The molecule has 4 aliphatic carbocycles. The summed E-state index contributed by atoms with van der Waals surface area (Å²) in [4.78, 5) is 23.8. The van der Waals surface area contributed by atoms with Crippen LogP contribution >= 0.6 is 0 Å². The number of rotatable bonds is 6. The van der Waals surface area contributed by atoms with E-state index in [0.29, 0.717) is 18.3 Å². The van der Waals surface area contributed by atoms with Crippen molar-refractivity contribution in [2.45, 2.75) is 50.2 Å². The van der Waals surface area contributed by atoms with Crippen LogP contribution in [-0.2, 0) is 19.1 Å². The highest BCUT2D eigenvalue weighted by molar-refractivity contribution is 5.81. The molecule has 3 atom stereocenters. The molecule has 4 saturated carbocycles. The molecule has 2 N–H and O–H groups in total. The van der Waals surface area contributed by atoms with Gasteiger partial charge in [-0.25, -0.2) is 4.79 Å². The first-order valence-corrected chi connectivity index (χ1v) is 8.21. The van der Waals surface area contributed by atoms with Crippen molar-refractivity contribution in [1.29, 1.82) is 0 Å². The average Bonchev–Trinajstić information content (AvgIpc) is 2.48. The van der Waals surface area contributed by atoms with E-state index in [-0.39, 0.29) is 12.6 Å². The van der Waals surface area contributed by atoms with Crippen LogP contribution in [0.3, 0.4) is 0 Å². The maximum absolute atomic E-state index is 12.7. The number of aliphatic hydroxyl groups is 2. The van der Waals surface area contributed by atoms with Crippen LogP contribution in [-0.4, -0.2) is 47.1 Å². The second-order valence-corrected chi connectivity index (χ2v) is 7.51. The Hall–Kier alpha value is -1.40. The molecule has 23 heavy (non-hydrogen) atoms. The van der Waals surface area contributed by atoms with Crippen LogP contribution in [0.2, 0.25) is 0 Å². The summed E-state index contributed by atoms with van der Waals surface area (Å²) in [7, 11) is 0. The third-order valence-electron chi connectivity index (χ3n) is 5.52. The molecule has 128 valence electrons. The molecule has 0 heterocycles. The van der Waals surface area contributed by atoms with Gasteiger partial charge >= 0.3 is 11.9 Å². The number of hydrogen-bond donors (Lipinski definition) is 2. The number of carbonyl (C=O) groups is 2. The highest BCUT2D eigenvalue weighted by atomic mass is 16.6. The molecule has 0 amide bonds. The van der Waals surface area contributed by atoms with Crippen LogP contribution in [0.25, 0.3) is 0 Å². The van der Waals surface area contributed by atoms with Gasteiger partial charge in [0.1, 0.15) is 6.61 Å². The minimum atomic E-state index is -0.881. The molecular weight excluding hydrogens is 300 g/mol. The van der Waals surface area contributed by atoms with E-state index < -0.39 is 29.7 Å². The molecule has 0 aromatic heterocycles. The van der Waals surface area contributed by atoms with Crippen molar-refractivity contribution < 1.29 is 29.3 Å². The first-order chi connectivity index (χ1) is 10.9. The zero-order valence-corrected chi connectivity index (χ0v) is 13.2. The van der Waals surface area contributed by atoms with Crippen molar-refractivity contribution in [3.05, 3.63) is 12.7 Å². The summed E-state index contributed by atoms with van der Waals surface area (Å²) < 4.78 is 10.3. The zero-order valence-electron chi connectivity index (χ0n) is 13.2. The van der Waals surface area contributed by atoms with Gasteiger partial charge in [-0.1, -0.05) is 6.58 Å². The Balaban J connectivity index is 1.65. The molecule has 0 aliphatic heterocycles. The minimum Gasteiger partial charge on any atom is -0.458 e. The van der Waals surface area contributed by atoms with E-state index in [9.17, 15) is 19.8 Å². The van der Waals surface area contributed by atoms with Crippen LogP contribution < -0.4 is 0 Å². The lowest BCUT2D eigenvalue weighted by Crippen LogP contribution is -2.59. The molecule has 0 aromatic carbocycles. The SMILES string of the molecule is C=CC(=O)OCC(CO)OC(=O)C12CC3CC(CC(O)(C3)C1)C2. The Labute approximate surface area is 135 Å². The molecule has 4 rings (SSSR count). The predicted octanol–water partition coefficient (Wildman–Crippen LogP) is 0.951. The van der Waals surface area contributed by atoms with Gasteiger partial charge in [0.2, 0.25) is 0 Å². The highest BCUT2D eigenvalue weighted by Gasteiger charge is 2.61. The lowest BCUT2D eigenvalue weighted by atomic mass is 9.48. The van der Waals surface area contributed by atoms with Crippen LogP contribution in [0.5, 0.6) is 0 Å². The zero-order chi connectivity index (χ0) is 16.7. The summed E-state index contributed by atoms with van der Waals surface area (Å²) in [5, 5.41) is 20.0. The van der Waals surface area contributed by atoms with Gasteiger partial charge < -0.3 is 19.7 Å². The van der Waals surface area contributed by atoms with Gasteiger partial charge in [0.05, 0.1) is 17.6 Å². The summed E-state index contributed by atoms with van der Waals surface area (Å²) in [5.74, 6) is -0.248. The van der Waals surface area contributed by atoms with Crippen molar-refractivity contribution in [3.63, 3.8) is 0 Å². The van der Waals surface area contributed by atoms with Crippen LogP contribution in [0, 0.1) is 17.3 Å². The van der Waals surface area contributed by atoms with E-state index in [1.165, 1.54) is 0 Å². The van der Waals surface area contributed by atoms with Crippen molar-refractivity contribution in [2.75, 3.05) is 13.2 Å². The largest absolute Gasteiger partial charge is 0.458 e. The molecule has 3 unspecified atom stereocenters. The van der Waals surface area contributed by atoms with Gasteiger partial charge in [0.15, 0.2) is 6.10 Å².